The minimum Gasteiger partial charge on any atom is -0.310 e. The van der Waals surface area contributed by atoms with E-state index in [4.69, 9.17) is 0 Å². The Morgan fingerprint density at radius 2 is 1.65 bits per heavy atom. The highest BCUT2D eigenvalue weighted by atomic mass is 32.2. The van der Waals surface area contributed by atoms with Crippen LogP contribution >= 0.6 is 0 Å². The molecule has 0 radical (unpaired) electrons. The summed E-state index contributed by atoms with van der Waals surface area (Å²) in [6.07, 6.45) is 0. The summed E-state index contributed by atoms with van der Waals surface area (Å²) in [5, 5.41) is 3.32. The molecule has 114 valence electrons. The largest absolute Gasteiger partial charge is 0.310 e. The maximum Gasteiger partial charge on any atom is 0.233 e. The van der Waals surface area contributed by atoms with E-state index in [1.54, 1.807) is 12.1 Å². The molecule has 0 atom stereocenters. The number of hydrogen-bond acceptors (Lipinski definition) is 3. The van der Waals surface area contributed by atoms with Gasteiger partial charge in [0.15, 0.2) is 0 Å². The van der Waals surface area contributed by atoms with Crippen molar-refractivity contribution in [1.29, 1.82) is 0 Å². The number of rotatable bonds is 6. The summed E-state index contributed by atoms with van der Waals surface area (Å²) in [6.45, 7) is 10.7. The summed E-state index contributed by atoms with van der Waals surface area (Å²) in [6, 6.07) is 7.91. The topological polar surface area (TPSA) is 58.2 Å². The Bertz CT molecular complexity index is 514. The zero-order valence-corrected chi connectivity index (χ0v) is 13.8. The summed E-state index contributed by atoms with van der Waals surface area (Å²) < 4.78 is 26.6. The van der Waals surface area contributed by atoms with Gasteiger partial charge in [-0.2, -0.15) is 0 Å². The Morgan fingerprint density at radius 3 is 2.10 bits per heavy atom. The van der Waals surface area contributed by atoms with E-state index < -0.39 is 10.0 Å². The molecule has 4 nitrogen and oxygen atoms in total. The fourth-order valence-corrected chi connectivity index (χ4v) is 3.51. The molecular weight excluding hydrogens is 272 g/mol. The molecule has 2 N–H and O–H groups in total. The van der Waals surface area contributed by atoms with Gasteiger partial charge in [0.1, 0.15) is 0 Å². The Hall–Kier alpha value is -1.07. The Labute approximate surface area is 123 Å². The predicted molar refractivity (Wildman–Crippen MR) is 85.3 cm³/mol. The molecule has 0 fully saturated rings. The summed E-state index contributed by atoms with van der Waals surface area (Å²) in [7, 11) is -3.30. The molecule has 0 bridgehead atoms. The Morgan fingerprint density at radius 1 is 1.10 bits per heavy atom. The highest BCUT2D eigenvalue weighted by Crippen LogP contribution is 2.18. The molecule has 0 spiro atoms. The summed E-state index contributed by atoms with van der Waals surface area (Å²) in [5.74, 6) is 0.108. The van der Waals surface area contributed by atoms with Crippen molar-refractivity contribution in [2.24, 2.45) is 5.41 Å². The third-order valence-corrected chi connectivity index (χ3v) is 4.36. The van der Waals surface area contributed by atoms with Crippen molar-refractivity contribution in [3.05, 3.63) is 29.8 Å². The van der Waals surface area contributed by atoms with E-state index in [1.807, 2.05) is 32.9 Å². The molecule has 1 aromatic carbocycles. The fraction of sp³-hybridized carbons (Fsp3) is 0.600. The summed E-state index contributed by atoms with van der Waals surface area (Å²) in [5.41, 5.74) is 1.49. The van der Waals surface area contributed by atoms with Gasteiger partial charge in [-0.25, -0.2) is 8.42 Å². The molecule has 1 aromatic rings. The van der Waals surface area contributed by atoms with E-state index in [0.29, 0.717) is 11.7 Å². The van der Waals surface area contributed by atoms with Gasteiger partial charge in [0, 0.05) is 18.3 Å². The molecule has 0 amide bonds. The number of sulfonamides is 1. The third-order valence-electron chi connectivity index (χ3n) is 2.56. The second-order valence-electron chi connectivity index (χ2n) is 6.65. The van der Waals surface area contributed by atoms with Crippen molar-refractivity contribution >= 4 is 15.7 Å². The molecule has 0 aromatic heterocycles. The lowest BCUT2D eigenvalue weighted by Gasteiger charge is -2.18. The van der Waals surface area contributed by atoms with Gasteiger partial charge in [-0.15, -0.1) is 0 Å². The fourth-order valence-electron chi connectivity index (χ4n) is 1.80. The monoisotopic (exact) mass is 298 g/mol. The number of hydrogen-bond donors (Lipinski definition) is 2. The van der Waals surface area contributed by atoms with Crippen LogP contribution in [0.5, 0.6) is 0 Å². The second-order valence-corrected chi connectivity index (χ2v) is 8.38. The number of anilines is 1. The predicted octanol–water partition coefficient (Wildman–Crippen LogP) is 2.97. The van der Waals surface area contributed by atoms with Gasteiger partial charge in [0.25, 0.3) is 0 Å². The van der Waals surface area contributed by atoms with Gasteiger partial charge >= 0.3 is 0 Å². The first-order valence-electron chi connectivity index (χ1n) is 6.90. The molecule has 0 aliphatic carbocycles. The quantitative estimate of drug-likeness (QED) is 0.849. The Balaban J connectivity index is 2.66. The molecule has 0 saturated heterocycles. The van der Waals surface area contributed by atoms with Gasteiger partial charge in [-0.3, -0.25) is 4.72 Å². The maximum atomic E-state index is 12.0. The molecule has 20 heavy (non-hydrogen) atoms. The molecule has 1 rings (SSSR count). The smallest absolute Gasteiger partial charge is 0.233 e. The average Bonchev–Trinajstić information content (AvgIpc) is 2.24. The molecule has 0 heterocycles. The molecular formula is C15H26N2O2S. The van der Waals surface area contributed by atoms with Crippen LogP contribution in [0.25, 0.3) is 0 Å². The van der Waals surface area contributed by atoms with E-state index in [1.165, 1.54) is 0 Å². The van der Waals surface area contributed by atoms with Crippen LogP contribution in [0.4, 0.5) is 5.69 Å². The minimum absolute atomic E-state index is 0.108. The van der Waals surface area contributed by atoms with E-state index in [-0.39, 0.29) is 11.2 Å². The Kier molecular flexibility index (Phi) is 5.59. The first-order valence-corrected chi connectivity index (χ1v) is 8.55. The highest BCUT2D eigenvalue weighted by molar-refractivity contribution is 7.92. The van der Waals surface area contributed by atoms with Crippen molar-refractivity contribution < 1.29 is 8.42 Å². The summed E-state index contributed by atoms with van der Waals surface area (Å²) in [4.78, 5) is 0. The van der Waals surface area contributed by atoms with Gasteiger partial charge in [-0.05, 0) is 23.1 Å². The van der Waals surface area contributed by atoms with Crippen LogP contribution in [-0.2, 0) is 16.6 Å². The van der Waals surface area contributed by atoms with E-state index in [9.17, 15) is 8.42 Å². The van der Waals surface area contributed by atoms with Crippen LogP contribution in [0.2, 0.25) is 0 Å². The third kappa shape index (κ3) is 6.91. The molecule has 0 aliphatic heterocycles. The SMILES string of the molecule is CC(C)NCc1ccc(NS(=O)(=O)CC(C)(C)C)cc1. The molecule has 0 saturated carbocycles. The molecule has 5 heteroatoms. The number of nitrogens with one attached hydrogen (secondary N) is 2. The van der Waals surface area contributed by atoms with Crippen LogP contribution in [0, 0.1) is 5.41 Å². The average molecular weight is 298 g/mol. The van der Waals surface area contributed by atoms with E-state index in [0.717, 1.165) is 12.1 Å². The van der Waals surface area contributed by atoms with Crippen molar-refractivity contribution in [1.82, 2.24) is 5.32 Å². The number of benzene rings is 1. The maximum absolute atomic E-state index is 12.0. The van der Waals surface area contributed by atoms with Crippen LogP contribution in [0.3, 0.4) is 0 Å². The lowest BCUT2D eigenvalue weighted by atomic mass is 10.0. The van der Waals surface area contributed by atoms with Crippen LogP contribution in [0.1, 0.15) is 40.2 Å². The first kappa shape index (κ1) is 17.0. The molecule has 0 unspecified atom stereocenters. The van der Waals surface area contributed by atoms with Crippen LogP contribution in [0.15, 0.2) is 24.3 Å². The zero-order chi connectivity index (χ0) is 15.4. The van der Waals surface area contributed by atoms with Gasteiger partial charge in [0.05, 0.1) is 5.75 Å². The van der Waals surface area contributed by atoms with Crippen molar-refractivity contribution in [2.75, 3.05) is 10.5 Å². The van der Waals surface area contributed by atoms with E-state index >= 15 is 0 Å². The second kappa shape index (κ2) is 6.59. The van der Waals surface area contributed by atoms with Gasteiger partial charge in [-0.1, -0.05) is 46.8 Å². The van der Waals surface area contributed by atoms with Gasteiger partial charge < -0.3 is 5.32 Å². The zero-order valence-electron chi connectivity index (χ0n) is 13.0. The van der Waals surface area contributed by atoms with Crippen molar-refractivity contribution in [2.45, 2.75) is 47.2 Å². The first-order chi connectivity index (χ1) is 9.07. The van der Waals surface area contributed by atoms with E-state index in [2.05, 4.69) is 23.9 Å². The summed E-state index contributed by atoms with van der Waals surface area (Å²) >= 11 is 0. The van der Waals surface area contributed by atoms with Crippen molar-refractivity contribution in [3.63, 3.8) is 0 Å². The van der Waals surface area contributed by atoms with Crippen molar-refractivity contribution in [3.8, 4) is 0 Å². The lowest BCUT2D eigenvalue weighted by molar-refractivity contribution is 0.463. The molecule has 0 aliphatic rings. The standard InChI is InChI=1S/C15H26N2O2S/c1-12(2)16-10-13-6-8-14(9-7-13)17-20(18,19)11-15(3,4)5/h6-9,12,16-17H,10-11H2,1-5H3. The normalized spacial score (nSPS) is 12.7. The lowest BCUT2D eigenvalue weighted by Crippen LogP contribution is -2.26. The van der Waals surface area contributed by atoms with Gasteiger partial charge in [0.2, 0.25) is 10.0 Å². The van der Waals surface area contributed by atoms with Crippen LogP contribution < -0.4 is 10.0 Å². The highest BCUT2D eigenvalue weighted by Gasteiger charge is 2.21. The minimum atomic E-state index is -3.30. The van der Waals surface area contributed by atoms with Crippen LogP contribution in [-0.4, -0.2) is 20.2 Å².